The van der Waals surface area contributed by atoms with Crippen molar-refractivity contribution < 1.29 is 4.79 Å². The molecule has 0 radical (unpaired) electrons. The Balaban J connectivity index is 2.30. The normalized spacial score (nSPS) is 15.6. The molecule has 0 bridgehead atoms. The fourth-order valence-electron chi connectivity index (χ4n) is 3.48. The van der Waals surface area contributed by atoms with Gasteiger partial charge in [0.15, 0.2) is 0 Å². The van der Waals surface area contributed by atoms with Gasteiger partial charge in [-0.25, -0.2) is 4.99 Å². The summed E-state index contributed by atoms with van der Waals surface area (Å²) in [5.74, 6) is -0.179. The van der Waals surface area contributed by atoms with E-state index in [-0.39, 0.29) is 18.0 Å². The number of rotatable bonds is 4. The Morgan fingerprint density at radius 3 is 2.28 bits per heavy atom. The Bertz CT molecular complexity index is 987. The molecule has 152 valence electrons. The van der Waals surface area contributed by atoms with Gasteiger partial charge in [-0.05, 0) is 52.0 Å². The van der Waals surface area contributed by atoms with E-state index in [2.05, 4.69) is 32.6 Å². The largest absolute Gasteiger partial charge is 0.371 e. The smallest absolute Gasteiger partial charge is 0.278 e. The number of hydrogen-bond donors (Lipinski definition) is 0. The summed E-state index contributed by atoms with van der Waals surface area (Å²) in [7, 11) is 1.75. The number of hydrogen-bond acceptors (Lipinski definition) is 3. The quantitative estimate of drug-likeness (QED) is 0.578. The van der Waals surface area contributed by atoms with Crippen molar-refractivity contribution in [2.24, 2.45) is 4.99 Å². The van der Waals surface area contributed by atoms with E-state index in [4.69, 9.17) is 28.2 Å². The predicted molar refractivity (Wildman–Crippen MR) is 122 cm³/mol. The van der Waals surface area contributed by atoms with Crippen LogP contribution in [0.2, 0.25) is 10.0 Å². The van der Waals surface area contributed by atoms with Gasteiger partial charge >= 0.3 is 0 Å². The molecule has 0 aliphatic carbocycles. The van der Waals surface area contributed by atoms with Crippen LogP contribution in [-0.4, -0.2) is 35.7 Å². The number of benzene rings is 2. The molecular weight excluding hydrogens is 405 g/mol. The zero-order valence-corrected chi connectivity index (χ0v) is 18.8. The zero-order chi connectivity index (χ0) is 21.3. The fraction of sp³-hybridized carbons (Fsp3) is 0.304. The first-order valence-corrected chi connectivity index (χ1v) is 10.4. The minimum atomic E-state index is -0.179. The molecule has 1 aliphatic heterocycles. The lowest BCUT2D eigenvalue weighted by molar-refractivity contribution is -0.115. The Morgan fingerprint density at radius 1 is 1.00 bits per heavy atom. The number of benzodiazepines with no additional fused rings is 1. The van der Waals surface area contributed by atoms with Crippen molar-refractivity contribution in [1.29, 1.82) is 0 Å². The number of halogens is 2. The topological polar surface area (TPSA) is 35.9 Å². The summed E-state index contributed by atoms with van der Waals surface area (Å²) >= 11 is 12.8. The van der Waals surface area contributed by atoms with E-state index in [1.165, 1.54) is 0 Å². The van der Waals surface area contributed by atoms with Crippen LogP contribution in [0.4, 0.5) is 5.69 Å². The maximum atomic E-state index is 13.3. The van der Waals surface area contributed by atoms with Gasteiger partial charge in [-0.3, -0.25) is 4.79 Å². The number of nitrogens with zero attached hydrogens (tertiary/aromatic N) is 3. The molecule has 1 aliphatic rings. The Labute approximate surface area is 182 Å². The first kappa shape index (κ1) is 21.4. The van der Waals surface area contributed by atoms with Gasteiger partial charge in [0.1, 0.15) is 5.70 Å². The number of carbonyl (C=O) groups excluding carboxylic acids is 1. The van der Waals surface area contributed by atoms with Crippen molar-refractivity contribution in [3.8, 4) is 0 Å². The minimum Gasteiger partial charge on any atom is -0.371 e. The van der Waals surface area contributed by atoms with Crippen LogP contribution in [0, 0.1) is 0 Å². The van der Waals surface area contributed by atoms with Crippen LogP contribution < -0.4 is 4.90 Å². The maximum Gasteiger partial charge on any atom is 0.278 e. The Hall–Kier alpha value is -2.30. The molecule has 0 N–H and O–H groups in total. The molecule has 0 aromatic heterocycles. The molecule has 29 heavy (non-hydrogen) atoms. The van der Waals surface area contributed by atoms with Crippen molar-refractivity contribution in [1.82, 2.24) is 4.90 Å². The Kier molecular flexibility index (Phi) is 6.35. The summed E-state index contributed by atoms with van der Waals surface area (Å²) in [5, 5.41) is 1.14. The molecule has 6 heteroatoms. The average molecular weight is 430 g/mol. The van der Waals surface area contributed by atoms with Crippen LogP contribution in [0.15, 0.2) is 59.4 Å². The number of likely N-dealkylation sites (N-methyl/N-ethyl adjacent to an activating group) is 1. The number of carbonyl (C=O) groups is 1. The number of anilines is 1. The van der Waals surface area contributed by atoms with Crippen molar-refractivity contribution in [3.05, 3.63) is 75.5 Å². The van der Waals surface area contributed by atoms with E-state index >= 15 is 0 Å². The van der Waals surface area contributed by atoms with E-state index in [9.17, 15) is 4.79 Å². The van der Waals surface area contributed by atoms with Gasteiger partial charge in [-0.15, -0.1) is 0 Å². The molecule has 2 aromatic carbocycles. The number of aliphatic imine (C=N–C) groups is 1. The third-order valence-electron chi connectivity index (χ3n) is 4.92. The first-order chi connectivity index (χ1) is 13.7. The molecule has 3 rings (SSSR count). The SMILES string of the molecule is CC(C)N(C=C1N=C(c2ccccc2Cl)c2cc(Cl)ccc2N(C)C1=O)C(C)C. The fourth-order valence-corrected chi connectivity index (χ4v) is 3.88. The van der Waals surface area contributed by atoms with Gasteiger partial charge in [0.2, 0.25) is 0 Å². The summed E-state index contributed by atoms with van der Waals surface area (Å²) in [4.78, 5) is 21.9. The van der Waals surface area contributed by atoms with Gasteiger partial charge in [0.25, 0.3) is 5.91 Å². The van der Waals surface area contributed by atoms with Crippen LogP contribution in [0.1, 0.15) is 38.8 Å². The summed E-state index contributed by atoms with van der Waals surface area (Å²) in [6, 6.07) is 13.4. The maximum absolute atomic E-state index is 13.3. The molecule has 0 saturated carbocycles. The molecule has 0 fully saturated rings. The number of fused-ring (bicyclic) bond motifs is 1. The number of amides is 1. The van der Waals surface area contributed by atoms with E-state index in [1.54, 1.807) is 18.0 Å². The molecule has 0 unspecified atom stereocenters. The predicted octanol–water partition coefficient (Wildman–Crippen LogP) is 5.77. The third-order valence-corrected chi connectivity index (χ3v) is 5.49. The lowest BCUT2D eigenvalue weighted by Gasteiger charge is -2.30. The summed E-state index contributed by atoms with van der Waals surface area (Å²) in [6.07, 6.45) is 1.85. The highest BCUT2D eigenvalue weighted by Crippen LogP contribution is 2.33. The standard InChI is InChI=1S/C23H25Cl2N3O/c1-14(2)28(15(3)4)13-20-23(29)27(5)21-11-10-16(24)12-18(21)22(26-20)17-8-6-7-9-19(17)25/h6-15H,1-5H3. The van der Waals surface area contributed by atoms with Gasteiger partial charge in [0, 0.05) is 46.5 Å². The second-order valence-electron chi connectivity index (χ2n) is 7.61. The van der Waals surface area contributed by atoms with Gasteiger partial charge < -0.3 is 9.80 Å². The lowest BCUT2D eigenvalue weighted by atomic mass is 10.00. The van der Waals surface area contributed by atoms with E-state index in [1.807, 2.05) is 42.6 Å². The van der Waals surface area contributed by atoms with E-state index in [0.29, 0.717) is 21.5 Å². The van der Waals surface area contributed by atoms with Crippen molar-refractivity contribution in [2.45, 2.75) is 39.8 Å². The molecule has 0 atom stereocenters. The van der Waals surface area contributed by atoms with Crippen molar-refractivity contribution in [3.63, 3.8) is 0 Å². The van der Waals surface area contributed by atoms with Gasteiger partial charge in [0.05, 0.1) is 11.4 Å². The van der Waals surface area contributed by atoms with Crippen molar-refractivity contribution in [2.75, 3.05) is 11.9 Å². The van der Waals surface area contributed by atoms with Crippen LogP contribution in [-0.2, 0) is 4.79 Å². The van der Waals surface area contributed by atoms with Crippen LogP contribution in [0.3, 0.4) is 0 Å². The molecule has 0 spiro atoms. The van der Waals surface area contributed by atoms with Crippen LogP contribution >= 0.6 is 23.2 Å². The zero-order valence-electron chi connectivity index (χ0n) is 17.3. The highest BCUT2D eigenvalue weighted by atomic mass is 35.5. The minimum absolute atomic E-state index is 0.179. The lowest BCUT2D eigenvalue weighted by Crippen LogP contribution is -2.34. The first-order valence-electron chi connectivity index (χ1n) is 9.61. The third kappa shape index (κ3) is 4.34. The molecule has 2 aromatic rings. The summed E-state index contributed by atoms with van der Waals surface area (Å²) in [6.45, 7) is 8.37. The van der Waals surface area contributed by atoms with Gasteiger partial charge in [-0.1, -0.05) is 41.4 Å². The molecule has 4 nitrogen and oxygen atoms in total. The average Bonchev–Trinajstić information content (AvgIpc) is 2.76. The van der Waals surface area contributed by atoms with E-state index < -0.39 is 0 Å². The molecule has 1 amide bonds. The Morgan fingerprint density at radius 2 is 1.66 bits per heavy atom. The van der Waals surface area contributed by atoms with Crippen LogP contribution in [0.25, 0.3) is 0 Å². The summed E-state index contributed by atoms with van der Waals surface area (Å²) in [5.41, 5.74) is 3.25. The second-order valence-corrected chi connectivity index (χ2v) is 8.46. The second kappa shape index (κ2) is 8.60. The molecule has 1 heterocycles. The van der Waals surface area contributed by atoms with Crippen LogP contribution in [0.5, 0.6) is 0 Å². The highest BCUT2D eigenvalue weighted by molar-refractivity contribution is 6.37. The summed E-state index contributed by atoms with van der Waals surface area (Å²) < 4.78 is 0. The van der Waals surface area contributed by atoms with E-state index in [0.717, 1.165) is 16.8 Å². The highest BCUT2D eigenvalue weighted by Gasteiger charge is 2.28. The molecule has 0 saturated heterocycles. The van der Waals surface area contributed by atoms with Gasteiger partial charge in [-0.2, -0.15) is 0 Å². The monoisotopic (exact) mass is 429 g/mol. The van der Waals surface area contributed by atoms with Crippen molar-refractivity contribution >= 4 is 40.5 Å². The molecular formula is C23H25Cl2N3O.